The summed E-state index contributed by atoms with van der Waals surface area (Å²) in [6, 6.07) is 12.7. The topological polar surface area (TPSA) is 54.0 Å². The summed E-state index contributed by atoms with van der Waals surface area (Å²) in [5.74, 6) is 2.16. The second kappa shape index (κ2) is 7.13. The first kappa shape index (κ1) is 16.6. The van der Waals surface area contributed by atoms with Crippen LogP contribution in [0.4, 0.5) is 0 Å². The van der Waals surface area contributed by atoms with Gasteiger partial charge in [0.2, 0.25) is 0 Å². The van der Waals surface area contributed by atoms with E-state index in [4.69, 9.17) is 18.9 Å². The van der Waals surface area contributed by atoms with Gasteiger partial charge in [-0.15, -0.1) is 0 Å². The van der Waals surface area contributed by atoms with Gasteiger partial charge in [0.25, 0.3) is 0 Å². The zero-order valence-electron chi connectivity index (χ0n) is 14.2. The fourth-order valence-electron chi connectivity index (χ4n) is 2.51. The van der Waals surface area contributed by atoms with E-state index in [2.05, 4.69) is 0 Å². The molecule has 0 radical (unpaired) electrons. The lowest BCUT2D eigenvalue weighted by Crippen LogP contribution is -1.98. The normalized spacial score (nSPS) is 14.9. The van der Waals surface area contributed by atoms with Gasteiger partial charge in [-0.05, 0) is 54.6 Å². The zero-order valence-corrected chi connectivity index (χ0v) is 14.2. The molecule has 5 nitrogen and oxygen atoms in total. The van der Waals surface area contributed by atoms with Crippen molar-refractivity contribution in [2.24, 2.45) is 0 Å². The molecule has 0 N–H and O–H groups in total. The van der Waals surface area contributed by atoms with E-state index in [9.17, 15) is 4.79 Å². The number of hydrogen-bond donors (Lipinski definition) is 0. The predicted molar refractivity (Wildman–Crippen MR) is 94.6 cm³/mol. The molecule has 1 aliphatic heterocycles. The Hall–Kier alpha value is -3.21. The Balaban J connectivity index is 1.95. The van der Waals surface area contributed by atoms with Crippen molar-refractivity contribution >= 4 is 17.8 Å². The van der Waals surface area contributed by atoms with Crippen molar-refractivity contribution in [3.05, 3.63) is 65.2 Å². The summed E-state index contributed by atoms with van der Waals surface area (Å²) in [6.07, 6.45) is 3.43. The molecule has 3 rings (SSSR count). The molecule has 0 saturated heterocycles. The fraction of sp³-hybridized carbons (Fsp3) is 0.150. The van der Waals surface area contributed by atoms with Gasteiger partial charge in [-0.3, -0.25) is 0 Å². The Morgan fingerprint density at radius 1 is 0.880 bits per heavy atom. The number of methoxy groups -OCH3 is 3. The zero-order chi connectivity index (χ0) is 17.8. The number of esters is 1. The maximum Gasteiger partial charge on any atom is 0.343 e. The maximum absolute atomic E-state index is 12.2. The third-order valence-electron chi connectivity index (χ3n) is 3.85. The molecule has 1 aliphatic rings. The van der Waals surface area contributed by atoms with Crippen LogP contribution in [0, 0.1) is 0 Å². The molecule has 0 bridgehead atoms. The smallest absolute Gasteiger partial charge is 0.343 e. The summed E-state index contributed by atoms with van der Waals surface area (Å²) >= 11 is 0. The van der Waals surface area contributed by atoms with Gasteiger partial charge in [0.1, 0.15) is 23.0 Å². The van der Waals surface area contributed by atoms with Crippen LogP contribution in [0.15, 0.2) is 54.1 Å². The highest BCUT2D eigenvalue weighted by Crippen LogP contribution is 2.31. The van der Waals surface area contributed by atoms with E-state index in [1.165, 1.54) is 0 Å². The van der Waals surface area contributed by atoms with Crippen LogP contribution >= 0.6 is 0 Å². The van der Waals surface area contributed by atoms with Crippen LogP contribution in [0.25, 0.3) is 11.8 Å². The molecule has 0 spiro atoms. The Morgan fingerprint density at radius 3 is 2.20 bits per heavy atom. The average Bonchev–Trinajstić information content (AvgIpc) is 3.02. The monoisotopic (exact) mass is 338 g/mol. The van der Waals surface area contributed by atoms with E-state index in [1.54, 1.807) is 51.7 Å². The van der Waals surface area contributed by atoms with Crippen molar-refractivity contribution in [3.8, 4) is 17.2 Å². The molecule has 0 fully saturated rings. The van der Waals surface area contributed by atoms with Crippen molar-refractivity contribution in [1.82, 2.24) is 0 Å². The summed E-state index contributed by atoms with van der Waals surface area (Å²) in [5, 5.41) is 0. The number of cyclic esters (lactones) is 1. The Kier molecular flexibility index (Phi) is 4.75. The number of hydrogen-bond acceptors (Lipinski definition) is 5. The number of ether oxygens (including phenoxy) is 4. The number of carbonyl (C=O) groups excluding carboxylic acids is 1. The highest BCUT2D eigenvalue weighted by Gasteiger charge is 2.22. The molecule has 0 amide bonds. The minimum Gasteiger partial charge on any atom is -0.497 e. The number of benzene rings is 2. The largest absolute Gasteiger partial charge is 0.497 e. The van der Waals surface area contributed by atoms with Gasteiger partial charge in [0, 0.05) is 11.1 Å². The van der Waals surface area contributed by atoms with Gasteiger partial charge >= 0.3 is 5.97 Å². The van der Waals surface area contributed by atoms with Gasteiger partial charge in [-0.2, -0.15) is 0 Å². The second-order valence-electron chi connectivity index (χ2n) is 5.33. The molecule has 0 unspecified atom stereocenters. The van der Waals surface area contributed by atoms with E-state index in [0.717, 1.165) is 16.9 Å². The minimum absolute atomic E-state index is 0.407. The van der Waals surface area contributed by atoms with Crippen molar-refractivity contribution in [2.75, 3.05) is 21.3 Å². The van der Waals surface area contributed by atoms with Gasteiger partial charge in [0.05, 0.1) is 26.9 Å². The molecule has 0 aromatic heterocycles. The van der Waals surface area contributed by atoms with Crippen molar-refractivity contribution in [1.29, 1.82) is 0 Å². The van der Waals surface area contributed by atoms with Crippen LogP contribution in [0.5, 0.6) is 17.2 Å². The standard InChI is InChI=1S/C20H18O5/c1-22-16-6-4-13(5-7-16)19-12-15(20(21)25-19)10-14-11-17(23-2)8-9-18(14)24-3/h4-12H,1-3H3/b15-10-. The maximum atomic E-state index is 12.2. The van der Waals surface area contributed by atoms with Gasteiger partial charge in [0.15, 0.2) is 0 Å². The second-order valence-corrected chi connectivity index (χ2v) is 5.33. The summed E-state index contributed by atoms with van der Waals surface area (Å²) < 4.78 is 21.1. The fourth-order valence-corrected chi connectivity index (χ4v) is 2.51. The average molecular weight is 338 g/mol. The summed E-state index contributed by atoms with van der Waals surface area (Å²) in [5.41, 5.74) is 1.98. The third kappa shape index (κ3) is 3.50. The molecule has 5 heteroatoms. The molecule has 2 aromatic carbocycles. The highest BCUT2D eigenvalue weighted by atomic mass is 16.5. The van der Waals surface area contributed by atoms with Crippen LogP contribution in [0.3, 0.4) is 0 Å². The Morgan fingerprint density at radius 2 is 1.56 bits per heavy atom. The first-order valence-corrected chi connectivity index (χ1v) is 7.66. The first-order chi connectivity index (χ1) is 12.1. The highest BCUT2D eigenvalue weighted by molar-refractivity contribution is 6.05. The lowest BCUT2D eigenvalue weighted by Gasteiger charge is -2.07. The van der Waals surface area contributed by atoms with E-state index in [-0.39, 0.29) is 0 Å². The SMILES string of the molecule is COc1ccc(C2=C/C(=C/c3cc(OC)ccc3OC)C(=O)O2)cc1. The van der Waals surface area contributed by atoms with Gasteiger partial charge in [-0.1, -0.05) is 0 Å². The van der Waals surface area contributed by atoms with Gasteiger partial charge < -0.3 is 18.9 Å². The number of carbonyl (C=O) groups is 1. The van der Waals surface area contributed by atoms with Crippen LogP contribution in [0.1, 0.15) is 11.1 Å². The Bertz CT molecular complexity index is 847. The number of rotatable bonds is 5. The van der Waals surface area contributed by atoms with E-state index in [1.807, 2.05) is 24.3 Å². The van der Waals surface area contributed by atoms with Crippen LogP contribution < -0.4 is 14.2 Å². The summed E-state index contributed by atoms with van der Waals surface area (Å²) in [7, 11) is 4.77. The lowest BCUT2D eigenvalue weighted by atomic mass is 10.1. The molecule has 25 heavy (non-hydrogen) atoms. The lowest BCUT2D eigenvalue weighted by molar-refractivity contribution is -0.130. The summed E-state index contributed by atoms with van der Waals surface area (Å²) in [4.78, 5) is 12.2. The molecule has 0 aliphatic carbocycles. The quantitative estimate of drug-likeness (QED) is 0.615. The molecule has 1 heterocycles. The molecular formula is C20H18O5. The van der Waals surface area contributed by atoms with Crippen LogP contribution in [-0.2, 0) is 9.53 Å². The minimum atomic E-state index is -0.407. The van der Waals surface area contributed by atoms with Gasteiger partial charge in [-0.25, -0.2) is 4.79 Å². The van der Waals surface area contributed by atoms with E-state index in [0.29, 0.717) is 22.8 Å². The Labute approximate surface area is 146 Å². The summed E-state index contributed by atoms with van der Waals surface area (Å²) in [6.45, 7) is 0. The molecule has 2 aromatic rings. The molecule has 0 atom stereocenters. The van der Waals surface area contributed by atoms with Crippen LogP contribution in [-0.4, -0.2) is 27.3 Å². The van der Waals surface area contributed by atoms with Crippen molar-refractivity contribution < 1.29 is 23.7 Å². The third-order valence-corrected chi connectivity index (χ3v) is 3.85. The molecular weight excluding hydrogens is 320 g/mol. The van der Waals surface area contributed by atoms with Crippen molar-refractivity contribution in [3.63, 3.8) is 0 Å². The molecule has 0 saturated carbocycles. The first-order valence-electron chi connectivity index (χ1n) is 7.66. The predicted octanol–water partition coefficient (Wildman–Crippen LogP) is 3.69. The molecule has 128 valence electrons. The van der Waals surface area contributed by atoms with Crippen molar-refractivity contribution in [2.45, 2.75) is 0 Å². The van der Waals surface area contributed by atoms with Crippen LogP contribution in [0.2, 0.25) is 0 Å². The van der Waals surface area contributed by atoms with E-state index >= 15 is 0 Å². The van der Waals surface area contributed by atoms with E-state index < -0.39 is 5.97 Å².